The van der Waals surface area contributed by atoms with Gasteiger partial charge in [-0.2, -0.15) is 0 Å². The van der Waals surface area contributed by atoms with Crippen LogP contribution in [0, 0.1) is 0 Å². The molecule has 0 bridgehead atoms. The molecular formula is C17H16Cl2N4O3. The SMILES string of the molecule is Cl.Clc1cc2c(Nc3ccc(OCC4OCCO4)cc3)ncnc2cn1. The lowest BCUT2D eigenvalue weighted by Crippen LogP contribution is -2.18. The van der Waals surface area contributed by atoms with Gasteiger partial charge in [0.15, 0.2) is 6.29 Å². The molecule has 1 aliphatic rings. The van der Waals surface area contributed by atoms with Crippen LogP contribution in [-0.4, -0.2) is 41.1 Å². The van der Waals surface area contributed by atoms with Crippen molar-refractivity contribution in [1.82, 2.24) is 15.0 Å². The molecule has 0 radical (unpaired) electrons. The number of nitrogens with zero attached hydrogens (tertiary/aromatic N) is 3. The second-order valence-corrected chi connectivity index (χ2v) is 5.77. The second kappa shape index (κ2) is 8.46. The van der Waals surface area contributed by atoms with E-state index in [2.05, 4.69) is 20.3 Å². The van der Waals surface area contributed by atoms with Gasteiger partial charge in [-0.3, -0.25) is 0 Å². The van der Waals surface area contributed by atoms with Crippen molar-refractivity contribution in [3.05, 3.63) is 48.0 Å². The number of anilines is 2. The lowest BCUT2D eigenvalue weighted by atomic mass is 10.2. The maximum Gasteiger partial charge on any atom is 0.191 e. The van der Waals surface area contributed by atoms with Crippen LogP contribution in [0.15, 0.2) is 42.9 Å². The topological polar surface area (TPSA) is 78.4 Å². The number of rotatable bonds is 5. The van der Waals surface area contributed by atoms with Gasteiger partial charge in [-0.1, -0.05) is 11.6 Å². The van der Waals surface area contributed by atoms with Crippen molar-refractivity contribution >= 4 is 46.4 Å². The first-order chi connectivity index (χ1) is 12.3. The summed E-state index contributed by atoms with van der Waals surface area (Å²) in [4.78, 5) is 12.5. The number of hydrogen-bond acceptors (Lipinski definition) is 7. The Kier molecular flexibility index (Phi) is 6.05. The Morgan fingerprint density at radius 2 is 1.88 bits per heavy atom. The van der Waals surface area contributed by atoms with E-state index in [1.54, 1.807) is 12.3 Å². The standard InChI is InChI=1S/C17H15ClN4O3.ClH/c18-15-7-13-14(8-19-15)20-10-21-17(13)22-11-1-3-12(4-2-11)25-9-16-23-5-6-24-16;/h1-4,7-8,10,16H,5-6,9H2,(H,20,21,22);1H. The summed E-state index contributed by atoms with van der Waals surface area (Å²) in [6.07, 6.45) is 2.82. The minimum Gasteiger partial charge on any atom is -0.488 e. The minimum atomic E-state index is -0.288. The van der Waals surface area contributed by atoms with Crippen LogP contribution < -0.4 is 10.1 Å². The highest BCUT2D eigenvalue weighted by Gasteiger charge is 2.16. The predicted octanol–water partition coefficient (Wildman–Crippen LogP) is 3.60. The molecule has 0 aliphatic carbocycles. The predicted molar refractivity (Wildman–Crippen MR) is 101 cm³/mol. The van der Waals surface area contributed by atoms with Crippen LogP contribution in [0.4, 0.5) is 11.5 Å². The smallest absolute Gasteiger partial charge is 0.191 e. The highest BCUT2D eigenvalue weighted by molar-refractivity contribution is 6.30. The molecule has 0 spiro atoms. The maximum atomic E-state index is 5.97. The van der Waals surface area contributed by atoms with Gasteiger partial charge in [0.05, 0.1) is 24.9 Å². The number of nitrogens with one attached hydrogen (secondary N) is 1. The Morgan fingerprint density at radius 3 is 2.65 bits per heavy atom. The molecular weight excluding hydrogens is 379 g/mol. The summed E-state index contributed by atoms with van der Waals surface area (Å²) in [5, 5.41) is 4.45. The first-order valence-corrected chi connectivity index (χ1v) is 8.15. The Labute approximate surface area is 161 Å². The highest BCUT2D eigenvalue weighted by atomic mass is 35.5. The van der Waals surface area contributed by atoms with Crippen LogP contribution in [0.5, 0.6) is 5.75 Å². The van der Waals surface area contributed by atoms with Crippen molar-refractivity contribution in [3.63, 3.8) is 0 Å². The summed E-state index contributed by atoms with van der Waals surface area (Å²) in [5.74, 6) is 1.40. The average molecular weight is 395 g/mol. The fraction of sp³-hybridized carbons (Fsp3) is 0.235. The zero-order valence-electron chi connectivity index (χ0n) is 13.6. The first-order valence-electron chi connectivity index (χ1n) is 7.77. The third-order valence-electron chi connectivity index (χ3n) is 3.68. The van der Waals surface area contributed by atoms with Gasteiger partial charge in [0.25, 0.3) is 0 Å². The minimum absolute atomic E-state index is 0. The average Bonchev–Trinajstić information content (AvgIpc) is 3.15. The van der Waals surface area contributed by atoms with Gasteiger partial charge in [-0.25, -0.2) is 15.0 Å². The Bertz CT molecular complexity index is 874. The lowest BCUT2D eigenvalue weighted by Gasteiger charge is -2.12. The molecule has 7 nitrogen and oxygen atoms in total. The maximum absolute atomic E-state index is 5.97. The van der Waals surface area contributed by atoms with Gasteiger partial charge >= 0.3 is 0 Å². The molecule has 1 N–H and O–H groups in total. The molecule has 4 rings (SSSR count). The van der Waals surface area contributed by atoms with Gasteiger partial charge in [0.2, 0.25) is 0 Å². The summed E-state index contributed by atoms with van der Waals surface area (Å²) >= 11 is 5.97. The summed E-state index contributed by atoms with van der Waals surface area (Å²) < 4.78 is 16.3. The molecule has 136 valence electrons. The number of fused-ring (bicyclic) bond motifs is 1. The molecule has 3 heterocycles. The second-order valence-electron chi connectivity index (χ2n) is 5.38. The Morgan fingerprint density at radius 1 is 1.12 bits per heavy atom. The number of hydrogen-bond donors (Lipinski definition) is 1. The summed E-state index contributed by atoms with van der Waals surface area (Å²) in [6, 6.07) is 9.29. The molecule has 9 heteroatoms. The van der Waals surface area contributed by atoms with E-state index in [9.17, 15) is 0 Å². The van der Waals surface area contributed by atoms with Crippen molar-refractivity contribution in [2.24, 2.45) is 0 Å². The quantitative estimate of drug-likeness (QED) is 0.662. The van der Waals surface area contributed by atoms with Crippen LogP contribution in [0.2, 0.25) is 5.15 Å². The lowest BCUT2D eigenvalue weighted by molar-refractivity contribution is -0.0684. The van der Waals surface area contributed by atoms with Gasteiger partial charge in [-0.05, 0) is 30.3 Å². The monoisotopic (exact) mass is 394 g/mol. The van der Waals surface area contributed by atoms with E-state index in [1.165, 1.54) is 6.33 Å². The number of benzene rings is 1. The normalized spacial score (nSPS) is 14.2. The van der Waals surface area contributed by atoms with Crippen LogP contribution in [-0.2, 0) is 9.47 Å². The van der Waals surface area contributed by atoms with E-state index in [1.807, 2.05) is 24.3 Å². The molecule has 0 unspecified atom stereocenters. The van der Waals surface area contributed by atoms with Crippen LogP contribution in [0.3, 0.4) is 0 Å². The first kappa shape index (κ1) is 18.6. The van der Waals surface area contributed by atoms with Crippen molar-refractivity contribution in [2.75, 3.05) is 25.1 Å². The van der Waals surface area contributed by atoms with Gasteiger partial charge in [0.1, 0.15) is 29.7 Å². The number of pyridine rings is 1. The van der Waals surface area contributed by atoms with Crippen LogP contribution in [0.1, 0.15) is 0 Å². The van der Waals surface area contributed by atoms with Crippen molar-refractivity contribution in [2.45, 2.75) is 6.29 Å². The molecule has 2 aromatic heterocycles. The van der Waals surface area contributed by atoms with Crippen LogP contribution in [0.25, 0.3) is 10.9 Å². The molecule has 1 saturated heterocycles. The van der Waals surface area contributed by atoms with Gasteiger partial charge in [0, 0.05) is 11.1 Å². The molecule has 0 amide bonds. The molecule has 26 heavy (non-hydrogen) atoms. The molecule has 0 saturated carbocycles. The third-order valence-corrected chi connectivity index (χ3v) is 3.89. The summed E-state index contributed by atoms with van der Waals surface area (Å²) in [6.45, 7) is 1.60. The Hall–Kier alpha value is -2.19. The van der Waals surface area contributed by atoms with E-state index in [0.29, 0.717) is 30.8 Å². The number of aromatic nitrogens is 3. The van der Waals surface area contributed by atoms with E-state index >= 15 is 0 Å². The van der Waals surface area contributed by atoms with Crippen molar-refractivity contribution in [1.29, 1.82) is 0 Å². The molecule has 3 aromatic rings. The molecule has 1 aromatic carbocycles. The number of halogens is 2. The molecule has 1 aliphatic heterocycles. The van der Waals surface area contributed by atoms with E-state index in [-0.39, 0.29) is 18.7 Å². The zero-order valence-corrected chi connectivity index (χ0v) is 15.2. The zero-order chi connectivity index (χ0) is 17.1. The van der Waals surface area contributed by atoms with Crippen molar-refractivity contribution in [3.8, 4) is 5.75 Å². The van der Waals surface area contributed by atoms with E-state index in [4.69, 9.17) is 25.8 Å². The third kappa shape index (κ3) is 4.31. The van der Waals surface area contributed by atoms with Gasteiger partial charge < -0.3 is 19.5 Å². The fourth-order valence-corrected chi connectivity index (χ4v) is 2.63. The fourth-order valence-electron chi connectivity index (χ4n) is 2.47. The van der Waals surface area contributed by atoms with E-state index < -0.39 is 0 Å². The van der Waals surface area contributed by atoms with Gasteiger partial charge in [-0.15, -0.1) is 12.4 Å². The highest BCUT2D eigenvalue weighted by Crippen LogP contribution is 2.25. The molecule has 0 atom stereocenters. The van der Waals surface area contributed by atoms with E-state index in [0.717, 1.165) is 22.3 Å². The summed E-state index contributed by atoms with van der Waals surface area (Å²) in [7, 11) is 0. The molecule has 1 fully saturated rings. The van der Waals surface area contributed by atoms with Crippen LogP contribution >= 0.6 is 24.0 Å². The summed E-state index contributed by atoms with van der Waals surface area (Å²) in [5.41, 5.74) is 1.59. The Balaban J connectivity index is 0.00000196. The number of ether oxygens (including phenoxy) is 3. The van der Waals surface area contributed by atoms with Crippen molar-refractivity contribution < 1.29 is 14.2 Å². The largest absolute Gasteiger partial charge is 0.488 e.